The van der Waals surface area contributed by atoms with Gasteiger partial charge >= 0.3 is 5.97 Å². The lowest BCUT2D eigenvalue weighted by Gasteiger charge is -2.08. The molecule has 5 heteroatoms. The molecule has 0 bridgehead atoms. The van der Waals surface area contributed by atoms with E-state index in [0.717, 1.165) is 40.4 Å². The predicted molar refractivity (Wildman–Crippen MR) is 82.4 cm³/mol. The number of pyridine rings is 1. The summed E-state index contributed by atoms with van der Waals surface area (Å²) in [7, 11) is 1.41. The highest BCUT2D eigenvalue weighted by Crippen LogP contribution is 2.24. The van der Waals surface area contributed by atoms with Gasteiger partial charge in [0.05, 0.1) is 12.6 Å². The first kappa shape index (κ1) is 14.9. The molecule has 0 amide bonds. The highest BCUT2D eigenvalue weighted by molar-refractivity contribution is 9.10. The van der Waals surface area contributed by atoms with Crippen LogP contribution in [-0.2, 0) is 16.1 Å². The standard InChI is InChI=1S/C15H17BrN2O2/c1-20-14(19)5-3-8-17-10-11-6-7-13(16)12-4-2-9-18-15(11)12/h2,4,6-7,9,17H,3,5,8,10H2,1H3. The van der Waals surface area contributed by atoms with Crippen molar-refractivity contribution in [3.63, 3.8) is 0 Å². The van der Waals surface area contributed by atoms with Crippen molar-refractivity contribution >= 4 is 32.8 Å². The molecule has 2 aromatic rings. The van der Waals surface area contributed by atoms with E-state index in [4.69, 9.17) is 0 Å². The predicted octanol–water partition coefficient (Wildman–Crippen LogP) is 3.04. The summed E-state index contributed by atoms with van der Waals surface area (Å²) in [5.74, 6) is -0.164. The Balaban J connectivity index is 1.94. The molecule has 1 aromatic carbocycles. The molecular weight excluding hydrogens is 320 g/mol. The van der Waals surface area contributed by atoms with E-state index in [1.807, 2.05) is 18.2 Å². The molecule has 1 aromatic heterocycles. The zero-order valence-corrected chi connectivity index (χ0v) is 12.9. The minimum Gasteiger partial charge on any atom is -0.469 e. The number of hydrogen-bond donors (Lipinski definition) is 1. The Morgan fingerprint density at radius 2 is 2.25 bits per heavy atom. The summed E-state index contributed by atoms with van der Waals surface area (Å²) >= 11 is 3.54. The van der Waals surface area contributed by atoms with Crippen LogP contribution in [0.15, 0.2) is 34.9 Å². The molecule has 0 aliphatic rings. The largest absolute Gasteiger partial charge is 0.469 e. The summed E-state index contributed by atoms with van der Waals surface area (Å²) in [5, 5.41) is 4.44. The van der Waals surface area contributed by atoms with E-state index < -0.39 is 0 Å². The van der Waals surface area contributed by atoms with Crippen molar-refractivity contribution in [1.82, 2.24) is 10.3 Å². The van der Waals surface area contributed by atoms with E-state index in [9.17, 15) is 4.79 Å². The summed E-state index contributed by atoms with van der Waals surface area (Å²) < 4.78 is 5.65. The first-order valence-electron chi connectivity index (χ1n) is 6.52. The molecule has 20 heavy (non-hydrogen) atoms. The van der Waals surface area contributed by atoms with Crippen molar-refractivity contribution in [3.8, 4) is 0 Å². The SMILES string of the molecule is COC(=O)CCCNCc1ccc(Br)c2cccnc12. The van der Waals surface area contributed by atoms with E-state index in [0.29, 0.717) is 6.42 Å². The number of ether oxygens (including phenoxy) is 1. The van der Waals surface area contributed by atoms with E-state index in [-0.39, 0.29) is 5.97 Å². The van der Waals surface area contributed by atoms with Crippen LogP contribution in [0, 0.1) is 0 Å². The lowest BCUT2D eigenvalue weighted by molar-refractivity contribution is -0.140. The number of aromatic nitrogens is 1. The number of halogens is 1. The van der Waals surface area contributed by atoms with Gasteiger partial charge < -0.3 is 10.1 Å². The van der Waals surface area contributed by atoms with Crippen LogP contribution in [0.5, 0.6) is 0 Å². The van der Waals surface area contributed by atoms with Gasteiger partial charge in [-0.3, -0.25) is 9.78 Å². The molecule has 0 atom stereocenters. The van der Waals surface area contributed by atoms with Gasteiger partial charge in [0.25, 0.3) is 0 Å². The Kier molecular flexibility index (Phi) is 5.49. The zero-order chi connectivity index (χ0) is 14.4. The molecule has 106 valence electrons. The number of rotatable bonds is 6. The molecule has 2 rings (SSSR count). The van der Waals surface area contributed by atoms with Crippen molar-refractivity contribution in [2.24, 2.45) is 0 Å². The fraction of sp³-hybridized carbons (Fsp3) is 0.333. The van der Waals surface area contributed by atoms with E-state index in [1.165, 1.54) is 7.11 Å². The van der Waals surface area contributed by atoms with Gasteiger partial charge in [-0.2, -0.15) is 0 Å². The summed E-state index contributed by atoms with van der Waals surface area (Å²) in [6.45, 7) is 1.52. The number of nitrogens with zero attached hydrogens (tertiary/aromatic N) is 1. The molecule has 1 N–H and O–H groups in total. The smallest absolute Gasteiger partial charge is 0.305 e. The number of esters is 1. The van der Waals surface area contributed by atoms with Crippen LogP contribution in [0.1, 0.15) is 18.4 Å². The van der Waals surface area contributed by atoms with E-state index in [2.05, 4.69) is 37.0 Å². The van der Waals surface area contributed by atoms with Crippen molar-refractivity contribution in [3.05, 3.63) is 40.5 Å². The molecule has 0 spiro atoms. The van der Waals surface area contributed by atoms with Crippen molar-refractivity contribution in [1.29, 1.82) is 0 Å². The summed E-state index contributed by atoms with van der Waals surface area (Å²) in [5.41, 5.74) is 2.16. The fourth-order valence-corrected chi connectivity index (χ4v) is 2.47. The molecule has 0 radical (unpaired) electrons. The number of carbonyl (C=O) groups is 1. The number of carbonyl (C=O) groups excluding carboxylic acids is 1. The Morgan fingerprint density at radius 3 is 3.05 bits per heavy atom. The third-order valence-corrected chi connectivity index (χ3v) is 3.77. The second kappa shape index (κ2) is 7.36. The van der Waals surface area contributed by atoms with Gasteiger partial charge in [-0.05, 0) is 30.7 Å². The first-order chi connectivity index (χ1) is 9.72. The van der Waals surface area contributed by atoms with Gasteiger partial charge in [-0.15, -0.1) is 0 Å². The average Bonchev–Trinajstić information content (AvgIpc) is 2.49. The Bertz CT molecular complexity index is 601. The molecule has 1 heterocycles. The maximum atomic E-state index is 11.0. The Labute approximate surface area is 126 Å². The quantitative estimate of drug-likeness (QED) is 0.650. The molecule has 0 fully saturated rings. The van der Waals surface area contributed by atoms with Gasteiger partial charge in [-0.1, -0.05) is 28.1 Å². The summed E-state index contributed by atoms with van der Waals surface area (Å²) in [4.78, 5) is 15.4. The zero-order valence-electron chi connectivity index (χ0n) is 11.4. The van der Waals surface area contributed by atoms with Crippen molar-refractivity contribution in [2.45, 2.75) is 19.4 Å². The number of nitrogens with one attached hydrogen (secondary N) is 1. The number of hydrogen-bond acceptors (Lipinski definition) is 4. The van der Waals surface area contributed by atoms with Gasteiger partial charge in [0, 0.05) is 29.0 Å². The number of methoxy groups -OCH3 is 1. The molecular formula is C15H17BrN2O2. The second-order valence-corrected chi connectivity index (χ2v) is 5.32. The molecule has 0 aliphatic carbocycles. The Hall–Kier alpha value is -1.46. The molecule has 0 unspecified atom stereocenters. The first-order valence-corrected chi connectivity index (χ1v) is 7.31. The normalized spacial score (nSPS) is 10.7. The van der Waals surface area contributed by atoms with Crippen LogP contribution in [-0.4, -0.2) is 24.6 Å². The minimum atomic E-state index is -0.164. The number of fused-ring (bicyclic) bond motifs is 1. The van der Waals surface area contributed by atoms with Crippen LogP contribution < -0.4 is 5.32 Å². The summed E-state index contributed by atoms with van der Waals surface area (Å²) in [6, 6.07) is 8.08. The lowest BCUT2D eigenvalue weighted by Crippen LogP contribution is -2.16. The van der Waals surface area contributed by atoms with Crippen molar-refractivity contribution in [2.75, 3.05) is 13.7 Å². The molecule has 0 aliphatic heterocycles. The maximum Gasteiger partial charge on any atom is 0.305 e. The van der Waals surface area contributed by atoms with Gasteiger partial charge in [0.1, 0.15) is 0 Å². The monoisotopic (exact) mass is 336 g/mol. The summed E-state index contributed by atoms with van der Waals surface area (Å²) in [6.07, 6.45) is 3.02. The van der Waals surface area contributed by atoms with E-state index >= 15 is 0 Å². The maximum absolute atomic E-state index is 11.0. The van der Waals surface area contributed by atoms with Gasteiger partial charge in [-0.25, -0.2) is 0 Å². The van der Waals surface area contributed by atoms with Crippen LogP contribution >= 0.6 is 15.9 Å². The molecule has 0 saturated carbocycles. The third kappa shape index (κ3) is 3.77. The lowest BCUT2D eigenvalue weighted by atomic mass is 10.1. The highest BCUT2D eigenvalue weighted by Gasteiger charge is 2.05. The molecule has 0 saturated heterocycles. The Morgan fingerprint density at radius 1 is 1.40 bits per heavy atom. The minimum absolute atomic E-state index is 0.164. The second-order valence-electron chi connectivity index (χ2n) is 4.46. The highest BCUT2D eigenvalue weighted by atomic mass is 79.9. The molecule has 4 nitrogen and oxygen atoms in total. The van der Waals surface area contributed by atoms with Crippen LogP contribution in [0.3, 0.4) is 0 Å². The third-order valence-electron chi connectivity index (χ3n) is 3.08. The van der Waals surface area contributed by atoms with Crippen molar-refractivity contribution < 1.29 is 9.53 Å². The van der Waals surface area contributed by atoms with E-state index in [1.54, 1.807) is 6.20 Å². The van der Waals surface area contributed by atoms with Gasteiger partial charge in [0.2, 0.25) is 0 Å². The number of benzene rings is 1. The topological polar surface area (TPSA) is 51.2 Å². The van der Waals surface area contributed by atoms with Crippen LogP contribution in [0.25, 0.3) is 10.9 Å². The van der Waals surface area contributed by atoms with Crippen LogP contribution in [0.4, 0.5) is 0 Å². The van der Waals surface area contributed by atoms with Gasteiger partial charge in [0.15, 0.2) is 0 Å². The van der Waals surface area contributed by atoms with Crippen LogP contribution in [0.2, 0.25) is 0 Å². The average molecular weight is 337 g/mol. The fourth-order valence-electron chi connectivity index (χ4n) is 2.02.